The van der Waals surface area contributed by atoms with Crippen molar-refractivity contribution in [3.8, 4) is 11.4 Å². The largest absolute Gasteiger partial charge is 0.338 e. The average molecular weight is 357 g/mol. The van der Waals surface area contributed by atoms with Crippen LogP contribution in [0.5, 0.6) is 0 Å². The van der Waals surface area contributed by atoms with E-state index in [0.717, 1.165) is 16.7 Å². The zero-order valence-corrected chi connectivity index (χ0v) is 14.9. The fourth-order valence-corrected chi connectivity index (χ4v) is 3.21. The van der Waals surface area contributed by atoms with E-state index in [2.05, 4.69) is 10.1 Å². The van der Waals surface area contributed by atoms with Crippen molar-refractivity contribution in [1.82, 2.24) is 14.4 Å². The first-order valence-corrected chi connectivity index (χ1v) is 9.66. The zero-order chi connectivity index (χ0) is 17.9. The molecule has 7 heteroatoms. The molecule has 0 fully saturated rings. The van der Waals surface area contributed by atoms with Crippen LogP contribution in [0.4, 0.5) is 0 Å². The van der Waals surface area contributed by atoms with Gasteiger partial charge in [-0.25, -0.2) is 8.42 Å². The van der Waals surface area contributed by atoms with Gasteiger partial charge in [-0.3, -0.25) is 0 Å². The van der Waals surface area contributed by atoms with Crippen molar-refractivity contribution < 1.29 is 12.9 Å². The predicted molar refractivity (Wildman–Crippen MR) is 95.0 cm³/mol. The summed E-state index contributed by atoms with van der Waals surface area (Å²) in [6.07, 6.45) is 1.18. The van der Waals surface area contributed by atoms with Gasteiger partial charge in [0.25, 0.3) is 0 Å². The Balaban J connectivity index is 1.82. The Bertz CT molecular complexity index is 952. The Hall–Kier alpha value is -2.51. The van der Waals surface area contributed by atoms with Gasteiger partial charge in [-0.15, -0.1) is 0 Å². The molecule has 0 aliphatic rings. The summed E-state index contributed by atoms with van der Waals surface area (Å²) in [7, 11) is -3.42. The Kier molecular flexibility index (Phi) is 4.96. The van der Waals surface area contributed by atoms with Crippen LogP contribution in [-0.2, 0) is 23.1 Å². The van der Waals surface area contributed by atoms with Crippen molar-refractivity contribution in [2.75, 3.05) is 6.26 Å². The van der Waals surface area contributed by atoms with E-state index >= 15 is 0 Å². The third kappa shape index (κ3) is 4.32. The standard InChI is InChI=1S/C18H19N3O3S/c1-14-8-6-7-11-16(14)18-19-17(24-20-18)13-21(25(2,22)23)12-15-9-4-3-5-10-15/h3-11H,12-13H2,1-2H3. The van der Waals surface area contributed by atoms with Gasteiger partial charge in [-0.1, -0.05) is 59.8 Å². The van der Waals surface area contributed by atoms with E-state index in [1.807, 2.05) is 61.5 Å². The van der Waals surface area contributed by atoms with Crippen LogP contribution >= 0.6 is 0 Å². The Labute approximate surface area is 147 Å². The molecule has 2 aromatic carbocycles. The Morgan fingerprint density at radius 3 is 2.36 bits per heavy atom. The van der Waals surface area contributed by atoms with Gasteiger partial charge in [0.2, 0.25) is 21.7 Å². The molecule has 1 aromatic heterocycles. The predicted octanol–water partition coefficient (Wildman–Crippen LogP) is 3.01. The first-order valence-electron chi connectivity index (χ1n) is 7.81. The monoisotopic (exact) mass is 357 g/mol. The fourth-order valence-electron chi connectivity index (χ4n) is 2.48. The van der Waals surface area contributed by atoms with Gasteiger partial charge in [0.05, 0.1) is 12.8 Å². The maximum absolute atomic E-state index is 12.1. The molecule has 0 aliphatic carbocycles. The molecular weight excluding hydrogens is 338 g/mol. The molecule has 3 rings (SSSR count). The van der Waals surface area contributed by atoms with Gasteiger partial charge >= 0.3 is 0 Å². The van der Waals surface area contributed by atoms with Crippen LogP contribution in [0.2, 0.25) is 0 Å². The number of benzene rings is 2. The van der Waals surface area contributed by atoms with Crippen molar-refractivity contribution >= 4 is 10.0 Å². The molecule has 1 heterocycles. The van der Waals surface area contributed by atoms with E-state index in [1.165, 1.54) is 10.6 Å². The molecule has 0 unspecified atom stereocenters. The van der Waals surface area contributed by atoms with Crippen LogP contribution in [-0.4, -0.2) is 29.1 Å². The molecule has 0 amide bonds. The number of aryl methyl sites for hydroxylation is 1. The van der Waals surface area contributed by atoms with Crippen molar-refractivity contribution in [2.45, 2.75) is 20.0 Å². The number of aromatic nitrogens is 2. The first kappa shape index (κ1) is 17.3. The molecule has 0 saturated heterocycles. The fraction of sp³-hybridized carbons (Fsp3) is 0.222. The third-order valence-electron chi connectivity index (χ3n) is 3.84. The normalized spacial score (nSPS) is 11.8. The summed E-state index contributed by atoms with van der Waals surface area (Å²) in [5.41, 5.74) is 2.79. The molecule has 6 nitrogen and oxygen atoms in total. The van der Waals surface area contributed by atoms with Crippen LogP contribution in [0, 0.1) is 6.92 Å². The van der Waals surface area contributed by atoms with Crippen LogP contribution in [0.15, 0.2) is 59.1 Å². The van der Waals surface area contributed by atoms with Gasteiger partial charge in [0, 0.05) is 12.1 Å². The maximum Gasteiger partial charge on any atom is 0.242 e. The van der Waals surface area contributed by atoms with E-state index in [-0.39, 0.29) is 19.0 Å². The summed E-state index contributed by atoms with van der Waals surface area (Å²) in [6.45, 7) is 2.25. The van der Waals surface area contributed by atoms with Crippen LogP contribution in [0.25, 0.3) is 11.4 Å². The second-order valence-corrected chi connectivity index (χ2v) is 7.83. The van der Waals surface area contributed by atoms with Gasteiger partial charge in [0.15, 0.2) is 0 Å². The van der Waals surface area contributed by atoms with Crippen molar-refractivity contribution in [3.63, 3.8) is 0 Å². The molecule has 3 aromatic rings. The number of nitrogens with zero attached hydrogens (tertiary/aromatic N) is 3. The highest BCUT2D eigenvalue weighted by Gasteiger charge is 2.21. The van der Waals surface area contributed by atoms with E-state index in [1.54, 1.807) is 0 Å². The molecule has 0 saturated carbocycles. The minimum Gasteiger partial charge on any atom is -0.338 e. The van der Waals surface area contributed by atoms with E-state index < -0.39 is 10.0 Å². The van der Waals surface area contributed by atoms with E-state index in [9.17, 15) is 8.42 Å². The molecule has 0 radical (unpaired) electrons. The number of sulfonamides is 1. The molecule has 0 atom stereocenters. The molecule has 0 aliphatic heterocycles. The summed E-state index contributed by atoms with van der Waals surface area (Å²) in [5.74, 6) is 0.723. The highest BCUT2D eigenvalue weighted by atomic mass is 32.2. The van der Waals surface area contributed by atoms with Gasteiger partial charge < -0.3 is 4.52 Å². The Morgan fingerprint density at radius 1 is 1.00 bits per heavy atom. The second-order valence-electron chi connectivity index (χ2n) is 5.84. The minimum atomic E-state index is -3.42. The van der Waals surface area contributed by atoms with Gasteiger partial charge in [-0.2, -0.15) is 9.29 Å². The second kappa shape index (κ2) is 7.16. The van der Waals surface area contributed by atoms with Crippen LogP contribution < -0.4 is 0 Å². The summed E-state index contributed by atoms with van der Waals surface area (Å²) >= 11 is 0. The van der Waals surface area contributed by atoms with Crippen molar-refractivity contribution in [2.24, 2.45) is 0 Å². The number of hydrogen-bond acceptors (Lipinski definition) is 5. The quantitative estimate of drug-likeness (QED) is 0.678. The van der Waals surface area contributed by atoms with Gasteiger partial charge in [0.1, 0.15) is 0 Å². The summed E-state index contributed by atoms with van der Waals surface area (Å²) < 4.78 is 30.8. The zero-order valence-electron chi connectivity index (χ0n) is 14.1. The maximum atomic E-state index is 12.1. The summed E-state index contributed by atoms with van der Waals surface area (Å²) in [5, 5.41) is 3.98. The van der Waals surface area contributed by atoms with Crippen LogP contribution in [0.3, 0.4) is 0 Å². The highest BCUT2D eigenvalue weighted by molar-refractivity contribution is 7.88. The molecule has 0 bridgehead atoms. The van der Waals surface area contributed by atoms with E-state index in [4.69, 9.17) is 4.52 Å². The molecule has 0 N–H and O–H groups in total. The van der Waals surface area contributed by atoms with Crippen molar-refractivity contribution in [3.05, 3.63) is 71.6 Å². The summed E-state index contributed by atoms with van der Waals surface area (Å²) in [4.78, 5) is 4.35. The molecular formula is C18H19N3O3S. The lowest BCUT2D eigenvalue weighted by atomic mass is 10.1. The topological polar surface area (TPSA) is 76.3 Å². The van der Waals surface area contributed by atoms with Crippen molar-refractivity contribution in [1.29, 1.82) is 0 Å². The molecule has 130 valence electrons. The minimum absolute atomic E-state index is 0.0343. The molecule has 25 heavy (non-hydrogen) atoms. The third-order valence-corrected chi connectivity index (χ3v) is 5.03. The lowest BCUT2D eigenvalue weighted by Gasteiger charge is -2.17. The van der Waals surface area contributed by atoms with Gasteiger partial charge in [-0.05, 0) is 18.1 Å². The van der Waals surface area contributed by atoms with Crippen LogP contribution in [0.1, 0.15) is 17.0 Å². The van der Waals surface area contributed by atoms with E-state index in [0.29, 0.717) is 5.82 Å². The average Bonchev–Trinajstić information content (AvgIpc) is 3.03. The first-order chi connectivity index (χ1) is 11.9. The number of hydrogen-bond donors (Lipinski definition) is 0. The smallest absolute Gasteiger partial charge is 0.242 e. The molecule has 0 spiro atoms. The SMILES string of the molecule is Cc1ccccc1-c1noc(CN(Cc2ccccc2)S(C)(=O)=O)n1. The highest BCUT2D eigenvalue weighted by Crippen LogP contribution is 2.21. The lowest BCUT2D eigenvalue weighted by Crippen LogP contribution is -2.29. The number of rotatable bonds is 6. The lowest BCUT2D eigenvalue weighted by molar-refractivity contribution is 0.313. The Morgan fingerprint density at radius 2 is 1.68 bits per heavy atom. The summed E-state index contributed by atoms with van der Waals surface area (Å²) in [6, 6.07) is 17.1.